The van der Waals surface area contributed by atoms with Crippen LogP contribution in [0.4, 0.5) is 0 Å². The van der Waals surface area contributed by atoms with Crippen molar-refractivity contribution in [2.45, 2.75) is 44.4 Å². The molecular formula is C24H35N3O6S. The Morgan fingerprint density at radius 3 is 2.29 bits per heavy atom. The van der Waals surface area contributed by atoms with Gasteiger partial charge in [-0.25, -0.2) is 8.42 Å². The maximum Gasteiger partial charge on any atom is 0.310 e. The molecule has 9 nitrogen and oxygen atoms in total. The molecule has 3 rings (SSSR count). The highest BCUT2D eigenvalue weighted by Crippen LogP contribution is 2.25. The number of esters is 1. The summed E-state index contributed by atoms with van der Waals surface area (Å²) >= 11 is 0. The van der Waals surface area contributed by atoms with Crippen molar-refractivity contribution in [3.63, 3.8) is 0 Å². The number of likely N-dealkylation sites (N-methyl/N-ethyl adjacent to an activating group) is 1. The van der Waals surface area contributed by atoms with Crippen molar-refractivity contribution >= 4 is 27.8 Å². The van der Waals surface area contributed by atoms with Gasteiger partial charge in [-0.05, 0) is 51.7 Å². The predicted octanol–water partition coefficient (Wildman–Crippen LogP) is 1.66. The van der Waals surface area contributed by atoms with Crippen molar-refractivity contribution in [3.05, 3.63) is 29.8 Å². The third-order valence-electron chi connectivity index (χ3n) is 6.60. The molecule has 0 N–H and O–H groups in total. The Morgan fingerprint density at radius 2 is 1.68 bits per heavy atom. The average Bonchev–Trinajstić information content (AvgIpc) is 2.84. The van der Waals surface area contributed by atoms with Crippen molar-refractivity contribution in [1.82, 2.24) is 14.1 Å². The smallest absolute Gasteiger partial charge is 0.310 e. The molecule has 0 saturated carbocycles. The maximum atomic E-state index is 13.0. The summed E-state index contributed by atoms with van der Waals surface area (Å²) in [5.74, 6) is -1.27. The van der Waals surface area contributed by atoms with Crippen LogP contribution in [0.3, 0.4) is 0 Å². The lowest BCUT2D eigenvalue weighted by molar-refractivity contribution is -0.152. The fraction of sp³-hybridized carbons (Fsp3) is 0.625. The third-order valence-corrected chi connectivity index (χ3v) is 8.52. The Balaban J connectivity index is 1.51. The number of ether oxygens (including phenoxy) is 1. The van der Waals surface area contributed by atoms with Crippen molar-refractivity contribution in [2.75, 3.05) is 46.4 Å². The van der Waals surface area contributed by atoms with Gasteiger partial charge in [-0.2, -0.15) is 4.31 Å². The van der Waals surface area contributed by atoms with Crippen LogP contribution in [0.5, 0.6) is 0 Å². The van der Waals surface area contributed by atoms with E-state index < -0.39 is 10.0 Å². The molecule has 1 aromatic carbocycles. The van der Waals surface area contributed by atoms with Crippen LogP contribution in [-0.4, -0.2) is 86.7 Å². The summed E-state index contributed by atoms with van der Waals surface area (Å²) in [5, 5.41) is 0. The summed E-state index contributed by atoms with van der Waals surface area (Å²) in [4.78, 5) is 41.1. The number of carbonyl (C=O) groups is 3. The number of amides is 2. The number of piperidine rings is 2. The number of hydrogen-bond donors (Lipinski definition) is 0. The van der Waals surface area contributed by atoms with E-state index in [1.54, 1.807) is 43.1 Å². The lowest BCUT2D eigenvalue weighted by atomic mass is 9.96. The van der Waals surface area contributed by atoms with E-state index in [0.29, 0.717) is 39.0 Å². The summed E-state index contributed by atoms with van der Waals surface area (Å²) in [5.41, 5.74) is 0.988. The quantitative estimate of drug-likeness (QED) is 0.535. The minimum Gasteiger partial charge on any atom is -0.466 e. The van der Waals surface area contributed by atoms with E-state index in [1.165, 1.54) is 9.21 Å². The van der Waals surface area contributed by atoms with Crippen LogP contribution in [-0.2, 0) is 29.1 Å². The molecule has 2 amide bonds. The molecule has 188 valence electrons. The van der Waals surface area contributed by atoms with Crippen LogP contribution < -0.4 is 0 Å². The molecule has 0 aromatic heterocycles. The van der Waals surface area contributed by atoms with E-state index in [4.69, 9.17) is 4.74 Å². The molecule has 2 aliphatic heterocycles. The zero-order valence-electron chi connectivity index (χ0n) is 20.2. The highest BCUT2D eigenvalue weighted by atomic mass is 32.2. The van der Waals surface area contributed by atoms with Crippen molar-refractivity contribution < 1.29 is 27.5 Å². The SMILES string of the molecule is CCOC(=O)C1CCCN(C(=O)CN(C)C(=O)C2CCN(S(=O)(=O)c3ccc(C)cc3)CC2)C1. The summed E-state index contributed by atoms with van der Waals surface area (Å²) in [6.45, 7) is 5.32. The maximum absolute atomic E-state index is 13.0. The first-order valence-corrected chi connectivity index (χ1v) is 13.3. The first kappa shape index (κ1) is 26.2. The van der Waals surface area contributed by atoms with Crippen LogP contribution >= 0.6 is 0 Å². The van der Waals surface area contributed by atoms with Gasteiger partial charge >= 0.3 is 5.97 Å². The van der Waals surface area contributed by atoms with Crippen LogP contribution in [0.25, 0.3) is 0 Å². The molecule has 0 bridgehead atoms. The number of rotatable bonds is 7. The molecule has 1 atom stereocenters. The molecule has 0 spiro atoms. The van der Waals surface area contributed by atoms with Gasteiger partial charge in [0.25, 0.3) is 0 Å². The summed E-state index contributed by atoms with van der Waals surface area (Å²) in [6.07, 6.45) is 2.25. The van der Waals surface area contributed by atoms with Gasteiger partial charge in [0, 0.05) is 39.1 Å². The minimum absolute atomic E-state index is 0.0593. The lowest BCUT2D eigenvalue weighted by Crippen LogP contribution is -2.49. The molecule has 2 aliphatic rings. The molecular weight excluding hydrogens is 458 g/mol. The molecule has 0 aliphatic carbocycles. The number of carbonyl (C=O) groups excluding carboxylic acids is 3. The van der Waals surface area contributed by atoms with E-state index in [1.807, 2.05) is 6.92 Å². The van der Waals surface area contributed by atoms with Gasteiger partial charge in [0.1, 0.15) is 0 Å². The minimum atomic E-state index is -3.59. The zero-order valence-corrected chi connectivity index (χ0v) is 21.1. The number of benzene rings is 1. The van der Waals surface area contributed by atoms with Crippen molar-refractivity contribution in [2.24, 2.45) is 11.8 Å². The van der Waals surface area contributed by atoms with Crippen LogP contribution in [0.15, 0.2) is 29.2 Å². The van der Waals surface area contributed by atoms with Crippen LogP contribution in [0.2, 0.25) is 0 Å². The standard InChI is InChI=1S/C24H35N3O6S/c1-4-33-24(30)20-6-5-13-26(16-20)22(28)17-25(3)23(29)19-11-14-27(15-12-19)34(31,32)21-9-7-18(2)8-10-21/h7-10,19-20H,4-6,11-17H2,1-3H3. The molecule has 2 saturated heterocycles. The topological polar surface area (TPSA) is 104 Å². The lowest BCUT2D eigenvalue weighted by Gasteiger charge is -2.34. The summed E-state index contributed by atoms with van der Waals surface area (Å²) in [6, 6.07) is 6.75. The summed E-state index contributed by atoms with van der Waals surface area (Å²) in [7, 11) is -1.99. The van der Waals surface area contributed by atoms with Gasteiger partial charge in [0.2, 0.25) is 21.8 Å². The van der Waals surface area contributed by atoms with Gasteiger partial charge in [0.15, 0.2) is 0 Å². The van der Waals surface area contributed by atoms with Crippen LogP contribution in [0.1, 0.15) is 38.2 Å². The number of nitrogens with zero attached hydrogens (tertiary/aromatic N) is 3. The Labute approximate surface area is 202 Å². The number of hydrogen-bond acceptors (Lipinski definition) is 6. The second-order valence-corrected chi connectivity index (χ2v) is 11.1. The fourth-order valence-electron chi connectivity index (χ4n) is 4.55. The molecule has 0 radical (unpaired) electrons. The normalized spacial score (nSPS) is 20.1. The van der Waals surface area contributed by atoms with E-state index in [0.717, 1.165) is 12.0 Å². The highest BCUT2D eigenvalue weighted by Gasteiger charge is 2.35. The Hall–Kier alpha value is -2.46. The van der Waals surface area contributed by atoms with E-state index in [-0.39, 0.29) is 54.1 Å². The number of aryl methyl sites for hydroxylation is 1. The number of sulfonamides is 1. The van der Waals surface area contributed by atoms with Gasteiger partial charge < -0.3 is 14.5 Å². The van der Waals surface area contributed by atoms with Crippen molar-refractivity contribution in [3.8, 4) is 0 Å². The second kappa shape index (κ2) is 11.3. The average molecular weight is 494 g/mol. The van der Waals surface area contributed by atoms with Crippen LogP contribution in [0, 0.1) is 18.8 Å². The largest absolute Gasteiger partial charge is 0.466 e. The van der Waals surface area contributed by atoms with Gasteiger partial charge in [-0.15, -0.1) is 0 Å². The number of likely N-dealkylation sites (tertiary alicyclic amines) is 1. The molecule has 10 heteroatoms. The molecule has 34 heavy (non-hydrogen) atoms. The van der Waals surface area contributed by atoms with E-state index in [9.17, 15) is 22.8 Å². The monoisotopic (exact) mass is 493 g/mol. The first-order valence-electron chi connectivity index (χ1n) is 11.9. The Bertz CT molecular complexity index is 986. The van der Waals surface area contributed by atoms with E-state index in [2.05, 4.69) is 0 Å². The zero-order chi connectivity index (χ0) is 24.9. The Morgan fingerprint density at radius 1 is 1.03 bits per heavy atom. The Kier molecular flexibility index (Phi) is 8.70. The van der Waals surface area contributed by atoms with Gasteiger partial charge in [-0.3, -0.25) is 14.4 Å². The van der Waals surface area contributed by atoms with Gasteiger partial charge in [0.05, 0.1) is 24.0 Å². The molecule has 2 fully saturated rings. The molecule has 1 unspecified atom stereocenters. The van der Waals surface area contributed by atoms with E-state index >= 15 is 0 Å². The van der Waals surface area contributed by atoms with Gasteiger partial charge in [-0.1, -0.05) is 17.7 Å². The van der Waals surface area contributed by atoms with Crippen molar-refractivity contribution in [1.29, 1.82) is 0 Å². The molecule has 2 heterocycles. The fourth-order valence-corrected chi connectivity index (χ4v) is 6.02. The second-order valence-electron chi connectivity index (χ2n) is 9.12. The molecule has 1 aromatic rings. The first-order chi connectivity index (χ1) is 16.1. The summed E-state index contributed by atoms with van der Waals surface area (Å²) < 4.78 is 32.3. The third kappa shape index (κ3) is 6.15. The highest BCUT2D eigenvalue weighted by molar-refractivity contribution is 7.89. The predicted molar refractivity (Wildman–Crippen MR) is 126 cm³/mol.